The van der Waals surface area contributed by atoms with Gasteiger partial charge in [-0.05, 0) is 12.8 Å². The Morgan fingerprint density at radius 2 is 1.92 bits per heavy atom. The summed E-state index contributed by atoms with van der Waals surface area (Å²) in [5.41, 5.74) is -1.71. The van der Waals surface area contributed by atoms with Gasteiger partial charge in [-0.3, -0.25) is 0 Å². The van der Waals surface area contributed by atoms with Crippen LogP contribution in [0.2, 0.25) is 0 Å². The lowest BCUT2D eigenvalue weighted by atomic mass is 10.00. The average molecular weight is 187 g/mol. The summed E-state index contributed by atoms with van der Waals surface area (Å²) < 4.78 is 49.0. The van der Waals surface area contributed by atoms with E-state index in [9.17, 15) is 17.6 Å². The first-order valence-corrected chi connectivity index (χ1v) is 3.44. The minimum atomic E-state index is -3.98. The molecule has 72 valence electrons. The molecule has 0 heterocycles. The van der Waals surface area contributed by atoms with E-state index in [0.717, 1.165) is 0 Å². The Balaban J connectivity index is 2.66. The van der Waals surface area contributed by atoms with Crippen molar-refractivity contribution in [1.82, 2.24) is 0 Å². The minimum Gasteiger partial charge on any atom is -0.304 e. The summed E-state index contributed by atoms with van der Waals surface area (Å²) in [4.78, 5) is 3.99. The fourth-order valence-corrected chi connectivity index (χ4v) is 1.12. The van der Waals surface area contributed by atoms with Crippen molar-refractivity contribution in [2.24, 2.45) is 11.3 Å². The quantitative estimate of drug-likeness (QED) is 0.535. The fourth-order valence-electron chi connectivity index (χ4n) is 1.12. The van der Waals surface area contributed by atoms with Crippen molar-refractivity contribution < 1.29 is 22.4 Å². The standard InChI is InChI=1S/C6H9F4NO/c7-4(8)6(9,10)5(1-2-5)3-12-11/h4H,1-3,11H2. The molecule has 0 aliphatic heterocycles. The molecule has 0 aromatic carbocycles. The number of hydrogen-bond donors (Lipinski definition) is 1. The van der Waals surface area contributed by atoms with Crippen LogP contribution in [0, 0.1) is 5.41 Å². The third-order valence-corrected chi connectivity index (χ3v) is 2.19. The molecule has 2 nitrogen and oxygen atoms in total. The summed E-state index contributed by atoms with van der Waals surface area (Å²) in [5.74, 6) is 0.593. The van der Waals surface area contributed by atoms with Crippen molar-refractivity contribution in [3.05, 3.63) is 0 Å². The zero-order valence-electron chi connectivity index (χ0n) is 6.20. The van der Waals surface area contributed by atoms with Crippen LogP contribution in [0.15, 0.2) is 0 Å². The monoisotopic (exact) mass is 187 g/mol. The molecule has 0 aromatic rings. The number of alkyl halides is 4. The normalized spacial score (nSPS) is 21.5. The second kappa shape index (κ2) is 2.85. The van der Waals surface area contributed by atoms with Crippen molar-refractivity contribution in [1.29, 1.82) is 0 Å². The van der Waals surface area contributed by atoms with Gasteiger partial charge in [0.25, 0.3) is 0 Å². The van der Waals surface area contributed by atoms with Gasteiger partial charge in [0.05, 0.1) is 12.0 Å². The van der Waals surface area contributed by atoms with Crippen molar-refractivity contribution >= 4 is 0 Å². The predicted octanol–water partition coefficient (Wildman–Crippen LogP) is 1.56. The van der Waals surface area contributed by atoms with Gasteiger partial charge >= 0.3 is 12.3 Å². The first-order chi connectivity index (χ1) is 5.46. The van der Waals surface area contributed by atoms with Crippen LogP contribution >= 0.6 is 0 Å². The Morgan fingerprint density at radius 1 is 1.42 bits per heavy atom. The van der Waals surface area contributed by atoms with E-state index in [4.69, 9.17) is 0 Å². The van der Waals surface area contributed by atoms with E-state index >= 15 is 0 Å². The molecule has 1 saturated carbocycles. The highest BCUT2D eigenvalue weighted by atomic mass is 19.3. The van der Waals surface area contributed by atoms with E-state index in [1.165, 1.54) is 0 Å². The number of halogens is 4. The van der Waals surface area contributed by atoms with Crippen LogP contribution < -0.4 is 5.90 Å². The van der Waals surface area contributed by atoms with E-state index in [-0.39, 0.29) is 12.8 Å². The van der Waals surface area contributed by atoms with E-state index in [2.05, 4.69) is 10.7 Å². The first-order valence-electron chi connectivity index (χ1n) is 3.44. The fraction of sp³-hybridized carbons (Fsp3) is 1.00. The summed E-state index contributed by atoms with van der Waals surface area (Å²) in [7, 11) is 0. The van der Waals surface area contributed by atoms with Gasteiger partial charge < -0.3 is 4.84 Å². The summed E-state index contributed by atoms with van der Waals surface area (Å²) in [5, 5.41) is 0. The maximum atomic E-state index is 12.7. The van der Waals surface area contributed by atoms with Gasteiger partial charge in [-0.25, -0.2) is 14.7 Å². The molecule has 2 N–H and O–H groups in total. The highest BCUT2D eigenvalue weighted by Gasteiger charge is 2.66. The van der Waals surface area contributed by atoms with E-state index in [0.29, 0.717) is 0 Å². The van der Waals surface area contributed by atoms with Gasteiger partial charge in [-0.2, -0.15) is 8.78 Å². The molecular formula is C6H9F4NO. The lowest BCUT2D eigenvalue weighted by Crippen LogP contribution is -2.41. The largest absolute Gasteiger partial charge is 0.315 e. The van der Waals surface area contributed by atoms with Crippen LogP contribution in [0.1, 0.15) is 12.8 Å². The van der Waals surface area contributed by atoms with Crippen LogP contribution in [0.5, 0.6) is 0 Å². The van der Waals surface area contributed by atoms with Gasteiger partial charge in [0.15, 0.2) is 0 Å². The van der Waals surface area contributed by atoms with Crippen molar-refractivity contribution in [3.63, 3.8) is 0 Å². The van der Waals surface area contributed by atoms with Crippen molar-refractivity contribution in [2.45, 2.75) is 25.2 Å². The third-order valence-electron chi connectivity index (χ3n) is 2.19. The van der Waals surface area contributed by atoms with Gasteiger partial charge in [0, 0.05) is 0 Å². The number of nitrogens with two attached hydrogens (primary N) is 1. The Labute approximate surface area is 66.6 Å². The molecule has 0 saturated heterocycles. The predicted molar refractivity (Wildman–Crippen MR) is 32.8 cm³/mol. The number of rotatable bonds is 4. The van der Waals surface area contributed by atoms with Gasteiger partial charge in [0.2, 0.25) is 0 Å². The summed E-state index contributed by atoms with van der Waals surface area (Å²) >= 11 is 0. The molecule has 0 amide bonds. The highest BCUT2D eigenvalue weighted by Crippen LogP contribution is 2.58. The summed E-state index contributed by atoms with van der Waals surface area (Å²) in [6, 6.07) is 0. The Kier molecular flexibility index (Phi) is 2.31. The lowest BCUT2D eigenvalue weighted by molar-refractivity contribution is -0.189. The molecule has 1 aliphatic carbocycles. The number of hydrogen-bond acceptors (Lipinski definition) is 2. The second-order valence-corrected chi connectivity index (χ2v) is 3.01. The van der Waals surface area contributed by atoms with Gasteiger partial charge in [0.1, 0.15) is 0 Å². The molecule has 6 heteroatoms. The van der Waals surface area contributed by atoms with Gasteiger partial charge in [-0.1, -0.05) is 0 Å². The zero-order valence-corrected chi connectivity index (χ0v) is 6.20. The molecule has 12 heavy (non-hydrogen) atoms. The molecule has 0 spiro atoms. The molecule has 1 fully saturated rings. The Hall–Kier alpha value is -0.360. The van der Waals surface area contributed by atoms with E-state index < -0.39 is 24.4 Å². The molecular weight excluding hydrogens is 178 g/mol. The summed E-state index contributed by atoms with van der Waals surface area (Å²) in [6.07, 6.45) is -3.56. The summed E-state index contributed by atoms with van der Waals surface area (Å²) in [6.45, 7) is -0.510. The van der Waals surface area contributed by atoms with Crippen LogP contribution in [0.3, 0.4) is 0 Å². The van der Waals surface area contributed by atoms with Crippen LogP contribution in [-0.4, -0.2) is 19.0 Å². The van der Waals surface area contributed by atoms with Crippen LogP contribution in [-0.2, 0) is 4.84 Å². The first kappa shape index (κ1) is 9.73. The highest BCUT2D eigenvalue weighted by molar-refractivity contribution is 5.04. The molecule has 1 rings (SSSR count). The van der Waals surface area contributed by atoms with Crippen molar-refractivity contribution in [2.75, 3.05) is 6.61 Å². The molecule has 0 unspecified atom stereocenters. The maximum absolute atomic E-state index is 12.7. The molecule has 0 atom stereocenters. The average Bonchev–Trinajstić information content (AvgIpc) is 2.70. The van der Waals surface area contributed by atoms with Crippen LogP contribution in [0.25, 0.3) is 0 Å². The maximum Gasteiger partial charge on any atom is 0.315 e. The topological polar surface area (TPSA) is 35.2 Å². The van der Waals surface area contributed by atoms with E-state index in [1.54, 1.807) is 0 Å². The van der Waals surface area contributed by atoms with Crippen LogP contribution in [0.4, 0.5) is 17.6 Å². The van der Waals surface area contributed by atoms with E-state index in [1.807, 2.05) is 0 Å². The Bertz CT molecular complexity index is 169. The molecule has 0 bridgehead atoms. The zero-order chi connectivity index (χ0) is 9.41. The molecule has 0 aromatic heterocycles. The SMILES string of the molecule is NOCC1(C(F)(F)C(F)F)CC1. The van der Waals surface area contributed by atoms with Crippen molar-refractivity contribution in [3.8, 4) is 0 Å². The smallest absolute Gasteiger partial charge is 0.304 e. The molecule has 0 radical (unpaired) electrons. The minimum absolute atomic E-state index is 0.0432. The Morgan fingerprint density at radius 3 is 2.17 bits per heavy atom. The van der Waals surface area contributed by atoms with Gasteiger partial charge in [-0.15, -0.1) is 0 Å². The third kappa shape index (κ3) is 1.29. The molecule has 1 aliphatic rings. The lowest BCUT2D eigenvalue weighted by Gasteiger charge is -2.24. The second-order valence-electron chi connectivity index (χ2n) is 3.01.